The van der Waals surface area contributed by atoms with Gasteiger partial charge in [0.15, 0.2) is 0 Å². The minimum absolute atomic E-state index is 0.0523. The molecule has 0 saturated carbocycles. The van der Waals surface area contributed by atoms with Crippen molar-refractivity contribution in [3.63, 3.8) is 0 Å². The van der Waals surface area contributed by atoms with Crippen LogP contribution in [0.15, 0.2) is 60.8 Å². The molecule has 0 atom stereocenters. The molecule has 1 amide bonds. The van der Waals surface area contributed by atoms with Gasteiger partial charge in [-0.1, -0.05) is 36.4 Å². The Hall–Kier alpha value is -3.21. The highest BCUT2D eigenvalue weighted by Gasteiger charge is 2.20. The summed E-state index contributed by atoms with van der Waals surface area (Å²) in [6.45, 7) is 0. The van der Waals surface area contributed by atoms with Crippen LogP contribution in [-0.4, -0.2) is 15.9 Å². The average molecular weight is 302 g/mol. The van der Waals surface area contributed by atoms with Crippen LogP contribution in [-0.2, 0) is 11.2 Å². The maximum atomic E-state index is 12.0. The molecule has 1 aliphatic rings. The first-order valence-corrected chi connectivity index (χ1v) is 7.37. The summed E-state index contributed by atoms with van der Waals surface area (Å²) in [5, 5.41) is 6.10. The predicted octanol–water partition coefficient (Wildman–Crippen LogP) is 3.38. The van der Waals surface area contributed by atoms with Crippen LogP contribution in [0.3, 0.4) is 0 Å². The van der Waals surface area contributed by atoms with Crippen LogP contribution in [0.5, 0.6) is 0 Å². The molecule has 5 nitrogen and oxygen atoms in total. The first-order chi connectivity index (χ1) is 11.3. The van der Waals surface area contributed by atoms with Gasteiger partial charge in [0.25, 0.3) is 0 Å². The first kappa shape index (κ1) is 13.5. The number of hydrogen-bond donors (Lipinski definition) is 2. The normalized spacial score (nSPS) is 12.6. The zero-order chi connectivity index (χ0) is 15.6. The minimum Gasteiger partial charge on any atom is -0.325 e. The van der Waals surface area contributed by atoms with E-state index in [1.165, 1.54) is 0 Å². The van der Waals surface area contributed by atoms with Gasteiger partial charge in [-0.2, -0.15) is 0 Å². The fourth-order valence-corrected chi connectivity index (χ4v) is 2.65. The Morgan fingerprint density at radius 2 is 1.78 bits per heavy atom. The second kappa shape index (κ2) is 5.53. The van der Waals surface area contributed by atoms with Gasteiger partial charge in [0, 0.05) is 23.0 Å². The zero-order valence-electron chi connectivity index (χ0n) is 12.3. The number of aromatic nitrogens is 2. The number of hydrogen-bond acceptors (Lipinski definition) is 4. The fraction of sp³-hybridized carbons (Fsp3) is 0.0556. The second-order valence-corrected chi connectivity index (χ2v) is 5.33. The van der Waals surface area contributed by atoms with E-state index < -0.39 is 0 Å². The monoisotopic (exact) mass is 302 g/mol. The van der Waals surface area contributed by atoms with E-state index in [-0.39, 0.29) is 12.3 Å². The molecule has 0 spiro atoms. The summed E-state index contributed by atoms with van der Waals surface area (Å²) in [5.41, 5.74) is 4.22. The van der Waals surface area contributed by atoms with Gasteiger partial charge in [0.2, 0.25) is 11.9 Å². The van der Waals surface area contributed by atoms with E-state index in [0.717, 1.165) is 28.2 Å². The Morgan fingerprint density at radius 3 is 2.65 bits per heavy atom. The van der Waals surface area contributed by atoms with Crippen molar-refractivity contribution in [3.05, 3.63) is 66.4 Å². The third-order valence-electron chi connectivity index (χ3n) is 3.70. The Bertz CT molecular complexity index is 877. The van der Waals surface area contributed by atoms with E-state index in [0.29, 0.717) is 5.95 Å². The maximum Gasteiger partial charge on any atom is 0.228 e. The summed E-state index contributed by atoms with van der Waals surface area (Å²) in [5.74, 6) is 0.461. The number of fused-ring (bicyclic) bond motifs is 3. The fourth-order valence-electron chi connectivity index (χ4n) is 2.65. The van der Waals surface area contributed by atoms with E-state index in [4.69, 9.17) is 0 Å². The molecule has 0 unspecified atom stereocenters. The number of carbonyl (C=O) groups excluding carboxylic acids is 1. The van der Waals surface area contributed by atoms with E-state index in [2.05, 4.69) is 20.6 Å². The van der Waals surface area contributed by atoms with Crippen LogP contribution in [0.25, 0.3) is 11.3 Å². The van der Waals surface area contributed by atoms with Gasteiger partial charge in [-0.25, -0.2) is 9.97 Å². The molecule has 0 fully saturated rings. The smallest absolute Gasteiger partial charge is 0.228 e. The number of anilines is 3. The molecule has 1 aromatic heterocycles. The molecule has 2 N–H and O–H groups in total. The topological polar surface area (TPSA) is 66.9 Å². The summed E-state index contributed by atoms with van der Waals surface area (Å²) in [7, 11) is 0. The van der Waals surface area contributed by atoms with Gasteiger partial charge in [-0.05, 0) is 18.2 Å². The van der Waals surface area contributed by atoms with Crippen molar-refractivity contribution in [1.29, 1.82) is 0 Å². The number of nitrogens with zero attached hydrogens (tertiary/aromatic N) is 2. The van der Waals surface area contributed by atoms with Crippen LogP contribution in [0.1, 0.15) is 5.56 Å². The van der Waals surface area contributed by atoms with Crippen molar-refractivity contribution in [3.8, 4) is 11.3 Å². The van der Waals surface area contributed by atoms with Crippen LogP contribution in [0.4, 0.5) is 17.3 Å². The summed E-state index contributed by atoms with van der Waals surface area (Å²) < 4.78 is 0. The Labute approximate surface area is 133 Å². The van der Waals surface area contributed by atoms with Crippen molar-refractivity contribution < 1.29 is 4.79 Å². The molecule has 0 radical (unpaired) electrons. The molecule has 3 aromatic rings. The van der Waals surface area contributed by atoms with E-state index in [1.54, 1.807) is 6.20 Å². The number of amides is 1. The molecule has 112 valence electrons. The van der Waals surface area contributed by atoms with Crippen molar-refractivity contribution >= 4 is 23.2 Å². The standard InChI is InChI=1S/C18H14N4O/c23-16-10-12-11-19-18(20-13-6-2-1-3-7-13)22-17(12)14-8-4-5-9-15(14)21-16/h1-9,11H,10H2,(H,21,23)(H,19,20,22). The molecule has 23 heavy (non-hydrogen) atoms. The lowest BCUT2D eigenvalue weighted by Crippen LogP contribution is -2.12. The third-order valence-corrected chi connectivity index (χ3v) is 3.70. The number of carbonyl (C=O) groups is 1. The van der Waals surface area contributed by atoms with Gasteiger partial charge < -0.3 is 10.6 Å². The third kappa shape index (κ3) is 2.64. The summed E-state index contributed by atoms with van der Waals surface area (Å²) in [4.78, 5) is 21.0. The highest BCUT2D eigenvalue weighted by Crippen LogP contribution is 2.32. The number of nitrogens with one attached hydrogen (secondary N) is 2. The van der Waals surface area contributed by atoms with E-state index >= 15 is 0 Å². The molecule has 5 heteroatoms. The lowest BCUT2D eigenvalue weighted by Gasteiger charge is -2.10. The lowest BCUT2D eigenvalue weighted by molar-refractivity contribution is -0.115. The maximum absolute atomic E-state index is 12.0. The average Bonchev–Trinajstić information content (AvgIpc) is 2.71. The first-order valence-electron chi connectivity index (χ1n) is 7.37. The Morgan fingerprint density at radius 1 is 1.00 bits per heavy atom. The quantitative estimate of drug-likeness (QED) is 0.761. The predicted molar refractivity (Wildman–Crippen MR) is 89.5 cm³/mol. The van der Waals surface area contributed by atoms with E-state index in [9.17, 15) is 4.79 Å². The van der Waals surface area contributed by atoms with Gasteiger partial charge in [0.1, 0.15) is 0 Å². The highest BCUT2D eigenvalue weighted by molar-refractivity contribution is 5.99. The molecule has 2 heterocycles. The van der Waals surface area contributed by atoms with Gasteiger partial charge in [-0.3, -0.25) is 4.79 Å². The molecule has 0 saturated heterocycles. The van der Waals surface area contributed by atoms with Gasteiger partial charge in [0.05, 0.1) is 17.8 Å². The summed E-state index contributed by atoms with van der Waals surface area (Å²) in [6.07, 6.45) is 1.99. The largest absolute Gasteiger partial charge is 0.325 e. The molecule has 0 aliphatic carbocycles. The summed E-state index contributed by atoms with van der Waals surface area (Å²) in [6, 6.07) is 17.4. The highest BCUT2D eigenvalue weighted by atomic mass is 16.1. The molecular weight excluding hydrogens is 288 g/mol. The van der Waals surface area contributed by atoms with Crippen molar-refractivity contribution in [2.75, 3.05) is 10.6 Å². The molecule has 4 rings (SSSR count). The lowest BCUT2D eigenvalue weighted by atomic mass is 10.1. The molecule has 1 aliphatic heterocycles. The molecule has 0 bridgehead atoms. The number of para-hydroxylation sites is 2. The Kier molecular flexibility index (Phi) is 3.24. The number of rotatable bonds is 2. The van der Waals surface area contributed by atoms with E-state index in [1.807, 2.05) is 54.6 Å². The van der Waals surface area contributed by atoms with Gasteiger partial charge >= 0.3 is 0 Å². The molecular formula is C18H14N4O. The SMILES string of the molecule is O=C1Cc2cnc(Nc3ccccc3)nc2-c2ccccc2N1. The molecule has 2 aromatic carbocycles. The van der Waals surface area contributed by atoms with Crippen molar-refractivity contribution in [2.24, 2.45) is 0 Å². The number of benzene rings is 2. The van der Waals surface area contributed by atoms with Crippen molar-refractivity contribution in [2.45, 2.75) is 6.42 Å². The van der Waals surface area contributed by atoms with Crippen LogP contribution in [0, 0.1) is 0 Å². The Balaban J connectivity index is 1.79. The zero-order valence-corrected chi connectivity index (χ0v) is 12.3. The van der Waals surface area contributed by atoms with Crippen LogP contribution < -0.4 is 10.6 Å². The van der Waals surface area contributed by atoms with Crippen LogP contribution in [0.2, 0.25) is 0 Å². The second-order valence-electron chi connectivity index (χ2n) is 5.33. The van der Waals surface area contributed by atoms with Gasteiger partial charge in [-0.15, -0.1) is 0 Å². The minimum atomic E-state index is -0.0523. The van der Waals surface area contributed by atoms with Crippen molar-refractivity contribution in [1.82, 2.24) is 9.97 Å². The summed E-state index contributed by atoms with van der Waals surface area (Å²) >= 11 is 0. The van der Waals surface area contributed by atoms with Crippen LogP contribution >= 0.6 is 0 Å².